The average Bonchev–Trinajstić information content (AvgIpc) is 2.23. The van der Waals surface area contributed by atoms with Gasteiger partial charge in [-0.15, -0.1) is 0 Å². The molecule has 1 saturated carbocycles. The molecule has 1 fully saturated rings. The van der Waals surface area contributed by atoms with Crippen LogP contribution in [0.25, 0.3) is 0 Å². The first-order chi connectivity index (χ1) is 7.58. The van der Waals surface area contributed by atoms with Gasteiger partial charge >= 0.3 is 0 Å². The van der Waals surface area contributed by atoms with Crippen LogP contribution < -0.4 is 0 Å². The minimum atomic E-state index is -0.160. The number of hydrogen-bond acceptors (Lipinski definition) is 2. The molecule has 2 nitrogen and oxygen atoms in total. The van der Waals surface area contributed by atoms with Crippen molar-refractivity contribution >= 4 is 5.78 Å². The minimum absolute atomic E-state index is 0.160. The summed E-state index contributed by atoms with van der Waals surface area (Å²) in [4.78, 5) is 12.3. The zero-order chi connectivity index (χ0) is 12.1. The Labute approximate surface area is 99.8 Å². The van der Waals surface area contributed by atoms with Crippen LogP contribution in [0, 0.1) is 17.8 Å². The van der Waals surface area contributed by atoms with Crippen LogP contribution in [-0.4, -0.2) is 19.0 Å². The van der Waals surface area contributed by atoms with E-state index < -0.39 is 0 Å². The molecule has 0 radical (unpaired) electrons. The van der Waals surface area contributed by atoms with E-state index in [1.807, 2.05) is 0 Å². The van der Waals surface area contributed by atoms with Crippen LogP contribution in [0.15, 0.2) is 0 Å². The maximum Gasteiger partial charge on any atom is 0.164 e. The van der Waals surface area contributed by atoms with Crippen LogP contribution in [-0.2, 0) is 9.53 Å². The molecule has 0 bridgehead atoms. The van der Waals surface area contributed by atoms with Gasteiger partial charge in [-0.3, -0.25) is 4.79 Å². The lowest BCUT2D eigenvalue weighted by Crippen LogP contribution is -2.34. The number of ether oxygens (including phenoxy) is 1. The van der Waals surface area contributed by atoms with Crippen molar-refractivity contribution in [3.05, 3.63) is 0 Å². The second kappa shape index (κ2) is 6.39. The van der Waals surface area contributed by atoms with Gasteiger partial charge in [-0.2, -0.15) is 0 Å². The van der Waals surface area contributed by atoms with Gasteiger partial charge in [-0.1, -0.05) is 27.2 Å². The lowest BCUT2D eigenvalue weighted by molar-refractivity contribution is -0.135. The summed E-state index contributed by atoms with van der Waals surface area (Å²) in [5.41, 5.74) is 0. The molecule has 3 atom stereocenters. The highest BCUT2D eigenvalue weighted by Crippen LogP contribution is 2.34. The van der Waals surface area contributed by atoms with Gasteiger partial charge in [-0.05, 0) is 37.5 Å². The Balaban J connectivity index is 2.57. The van der Waals surface area contributed by atoms with Crippen molar-refractivity contribution in [2.75, 3.05) is 7.11 Å². The van der Waals surface area contributed by atoms with Crippen molar-refractivity contribution in [2.24, 2.45) is 17.8 Å². The third-order valence-electron chi connectivity index (χ3n) is 3.73. The minimum Gasteiger partial charge on any atom is -0.374 e. The fourth-order valence-electron chi connectivity index (χ4n) is 3.08. The Kier molecular flexibility index (Phi) is 5.47. The molecule has 0 amide bonds. The number of Topliss-reactive ketones (excluding diaryl/α,β-unsaturated/α-hetero) is 1. The first-order valence-electron chi connectivity index (χ1n) is 6.64. The highest BCUT2D eigenvalue weighted by Gasteiger charge is 2.32. The largest absolute Gasteiger partial charge is 0.374 e. The molecule has 0 heterocycles. The summed E-state index contributed by atoms with van der Waals surface area (Å²) >= 11 is 0. The summed E-state index contributed by atoms with van der Waals surface area (Å²) in [5.74, 6) is 1.98. The van der Waals surface area contributed by atoms with E-state index in [0.29, 0.717) is 17.6 Å². The Morgan fingerprint density at radius 3 is 2.25 bits per heavy atom. The van der Waals surface area contributed by atoms with Crippen molar-refractivity contribution in [3.8, 4) is 0 Å². The van der Waals surface area contributed by atoms with E-state index in [4.69, 9.17) is 4.74 Å². The predicted octanol–water partition coefficient (Wildman–Crippen LogP) is 3.44. The van der Waals surface area contributed by atoms with Gasteiger partial charge in [0.2, 0.25) is 0 Å². The van der Waals surface area contributed by atoms with Crippen LogP contribution >= 0.6 is 0 Å². The summed E-state index contributed by atoms with van der Waals surface area (Å²) in [7, 11) is 1.66. The number of carbonyl (C=O) groups excluding carboxylic acids is 1. The SMILES string of the molecule is CCCC(OC)C(=O)C1CC(C)CC(C)C1. The van der Waals surface area contributed by atoms with Crippen molar-refractivity contribution in [1.29, 1.82) is 0 Å². The molecule has 16 heavy (non-hydrogen) atoms. The fourth-order valence-corrected chi connectivity index (χ4v) is 3.08. The Morgan fingerprint density at radius 1 is 1.25 bits per heavy atom. The molecule has 94 valence electrons. The van der Waals surface area contributed by atoms with Crippen LogP contribution in [0.1, 0.15) is 52.9 Å². The van der Waals surface area contributed by atoms with E-state index in [1.165, 1.54) is 6.42 Å². The summed E-state index contributed by atoms with van der Waals surface area (Å²) in [6.45, 7) is 6.63. The normalized spacial score (nSPS) is 32.4. The fraction of sp³-hybridized carbons (Fsp3) is 0.929. The summed E-state index contributed by atoms with van der Waals surface area (Å²) in [6, 6.07) is 0. The molecule has 2 heteroatoms. The molecule has 0 aliphatic heterocycles. The first kappa shape index (κ1) is 13.7. The number of ketones is 1. The number of methoxy groups -OCH3 is 1. The van der Waals surface area contributed by atoms with E-state index >= 15 is 0 Å². The molecule has 0 aromatic carbocycles. The van der Waals surface area contributed by atoms with E-state index in [0.717, 1.165) is 25.7 Å². The monoisotopic (exact) mass is 226 g/mol. The predicted molar refractivity (Wildman–Crippen MR) is 66.4 cm³/mol. The Bertz CT molecular complexity index is 215. The quantitative estimate of drug-likeness (QED) is 0.717. The van der Waals surface area contributed by atoms with E-state index in [-0.39, 0.29) is 12.0 Å². The molecule has 0 aromatic heterocycles. The molecule has 1 aliphatic rings. The molecular weight excluding hydrogens is 200 g/mol. The lowest BCUT2D eigenvalue weighted by atomic mass is 9.74. The van der Waals surface area contributed by atoms with Gasteiger partial charge in [0.25, 0.3) is 0 Å². The summed E-state index contributed by atoms with van der Waals surface area (Å²) in [6.07, 6.45) is 5.12. The Morgan fingerprint density at radius 2 is 1.81 bits per heavy atom. The lowest BCUT2D eigenvalue weighted by Gasteiger charge is -2.32. The average molecular weight is 226 g/mol. The summed E-state index contributed by atoms with van der Waals surface area (Å²) in [5, 5.41) is 0. The van der Waals surface area contributed by atoms with E-state index in [9.17, 15) is 4.79 Å². The smallest absolute Gasteiger partial charge is 0.164 e. The van der Waals surface area contributed by atoms with Gasteiger partial charge in [0.15, 0.2) is 5.78 Å². The molecule has 0 saturated heterocycles. The highest BCUT2D eigenvalue weighted by atomic mass is 16.5. The van der Waals surface area contributed by atoms with Gasteiger partial charge < -0.3 is 4.74 Å². The maximum absolute atomic E-state index is 12.3. The van der Waals surface area contributed by atoms with Crippen molar-refractivity contribution < 1.29 is 9.53 Å². The number of carbonyl (C=O) groups is 1. The van der Waals surface area contributed by atoms with Crippen molar-refractivity contribution in [1.82, 2.24) is 0 Å². The highest BCUT2D eigenvalue weighted by molar-refractivity contribution is 5.85. The van der Waals surface area contributed by atoms with E-state index in [1.54, 1.807) is 7.11 Å². The first-order valence-corrected chi connectivity index (χ1v) is 6.64. The van der Waals surface area contributed by atoms with Crippen LogP contribution in [0.2, 0.25) is 0 Å². The molecule has 3 unspecified atom stereocenters. The second-order valence-corrected chi connectivity index (χ2v) is 5.53. The molecule has 0 aromatic rings. The van der Waals surface area contributed by atoms with Crippen molar-refractivity contribution in [3.63, 3.8) is 0 Å². The molecule has 0 spiro atoms. The third kappa shape index (κ3) is 3.58. The van der Waals surface area contributed by atoms with Crippen LogP contribution in [0.3, 0.4) is 0 Å². The van der Waals surface area contributed by atoms with Crippen molar-refractivity contribution in [2.45, 2.75) is 59.0 Å². The topological polar surface area (TPSA) is 26.3 Å². The zero-order valence-electron chi connectivity index (χ0n) is 11.2. The second-order valence-electron chi connectivity index (χ2n) is 5.53. The molecule has 0 N–H and O–H groups in total. The van der Waals surface area contributed by atoms with Gasteiger partial charge in [0.1, 0.15) is 6.10 Å². The third-order valence-corrected chi connectivity index (χ3v) is 3.73. The summed E-state index contributed by atoms with van der Waals surface area (Å²) < 4.78 is 5.33. The van der Waals surface area contributed by atoms with Gasteiger partial charge in [-0.25, -0.2) is 0 Å². The zero-order valence-corrected chi connectivity index (χ0v) is 11.2. The molecule has 1 aliphatic carbocycles. The van der Waals surface area contributed by atoms with E-state index in [2.05, 4.69) is 20.8 Å². The molecular formula is C14H26O2. The number of rotatable bonds is 5. The van der Waals surface area contributed by atoms with Crippen LogP contribution in [0.5, 0.6) is 0 Å². The number of hydrogen-bond donors (Lipinski definition) is 0. The Hall–Kier alpha value is -0.370. The van der Waals surface area contributed by atoms with Crippen LogP contribution in [0.4, 0.5) is 0 Å². The molecule has 1 rings (SSSR count). The standard InChI is InChI=1S/C14H26O2/c1-5-6-13(16-4)14(15)12-8-10(2)7-11(3)9-12/h10-13H,5-9H2,1-4H3. The van der Waals surface area contributed by atoms with Gasteiger partial charge in [0, 0.05) is 13.0 Å². The maximum atomic E-state index is 12.3. The van der Waals surface area contributed by atoms with Gasteiger partial charge in [0.05, 0.1) is 0 Å².